The molecule has 0 aromatic heterocycles. The van der Waals surface area contributed by atoms with Gasteiger partial charge in [-0.05, 0) is 25.5 Å². The van der Waals surface area contributed by atoms with Crippen LogP contribution < -0.4 is 4.74 Å². The zero-order chi connectivity index (χ0) is 17.1. The van der Waals surface area contributed by atoms with Crippen LogP contribution in [0, 0.1) is 0 Å². The predicted molar refractivity (Wildman–Crippen MR) is 89.7 cm³/mol. The third-order valence-electron chi connectivity index (χ3n) is 2.65. The highest BCUT2D eigenvalue weighted by Crippen LogP contribution is 2.33. The van der Waals surface area contributed by atoms with Crippen molar-refractivity contribution < 1.29 is 19.7 Å². The number of ketones is 1. The van der Waals surface area contributed by atoms with Gasteiger partial charge in [0.25, 0.3) is 0 Å². The molecule has 0 aliphatic rings. The summed E-state index contributed by atoms with van der Waals surface area (Å²) in [5.41, 5.74) is 0.899. The Morgan fingerprint density at radius 1 is 1.09 bits per heavy atom. The Balaban J connectivity index is 0.00000211. The highest BCUT2D eigenvalue weighted by atomic mass is 16.5. The number of allylic oxidation sites excluding steroid dienone is 6. The number of ether oxygens (including phenoxy) is 1. The molecule has 0 atom stereocenters. The molecule has 0 amide bonds. The third kappa shape index (κ3) is 5.48. The zero-order valence-electron chi connectivity index (χ0n) is 13.8. The van der Waals surface area contributed by atoms with Gasteiger partial charge in [-0.25, -0.2) is 0 Å². The van der Waals surface area contributed by atoms with Crippen LogP contribution in [-0.4, -0.2) is 23.1 Å². The zero-order valence-corrected chi connectivity index (χ0v) is 13.8. The number of carbonyl (C=O) groups excluding carboxylic acids is 1. The lowest BCUT2D eigenvalue weighted by Crippen LogP contribution is -1.99. The standard InChI is InChI=1S/C16H18O4.C2H6/c1-4-6-11(5-2)7-8-13(18)16-14(19)9-12(17)10-15(16)20-3;1-2/h4-10,17,19H,1-3H3;1-2H3/b6-4-,8-7+,11-5+;. The Labute approximate surface area is 132 Å². The van der Waals surface area contributed by atoms with Gasteiger partial charge in [0.05, 0.1) is 7.11 Å². The number of phenolic OH excluding ortho intramolecular Hbond substituents is 2. The van der Waals surface area contributed by atoms with Crippen LogP contribution in [0.1, 0.15) is 38.1 Å². The fraction of sp³-hybridized carbons (Fsp3) is 0.278. The second kappa shape index (κ2) is 10.3. The van der Waals surface area contributed by atoms with Gasteiger partial charge in [0.15, 0.2) is 5.78 Å². The predicted octanol–water partition coefficient (Wildman–Crippen LogP) is 4.39. The van der Waals surface area contributed by atoms with Gasteiger partial charge in [-0.15, -0.1) is 0 Å². The van der Waals surface area contributed by atoms with Crippen molar-refractivity contribution in [2.45, 2.75) is 27.7 Å². The summed E-state index contributed by atoms with van der Waals surface area (Å²) in [6.45, 7) is 7.75. The highest BCUT2D eigenvalue weighted by molar-refractivity contribution is 6.09. The van der Waals surface area contributed by atoms with E-state index in [0.29, 0.717) is 0 Å². The Kier molecular flexibility index (Phi) is 9.11. The number of hydrogen-bond acceptors (Lipinski definition) is 4. The van der Waals surface area contributed by atoms with Crippen molar-refractivity contribution in [3.63, 3.8) is 0 Å². The number of benzene rings is 1. The van der Waals surface area contributed by atoms with Crippen LogP contribution in [0.4, 0.5) is 0 Å². The van der Waals surface area contributed by atoms with E-state index in [2.05, 4.69) is 0 Å². The Morgan fingerprint density at radius 3 is 2.23 bits per heavy atom. The largest absolute Gasteiger partial charge is 0.508 e. The minimum atomic E-state index is -0.400. The molecule has 0 fully saturated rings. The second-order valence-electron chi connectivity index (χ2n) is 4.03. The molecule has 0 heterocycles. The van der Waals surface area contributed by atoms with E-state index in [9.17, 15) is 15.0 Å². The van der Waals surface area contributed by atoms with E-state index in [4.69, 9.17) is 4.74 Å². The lowest BCUT2D eigenvalue weighted by atomic mass is 10.1. The molecule has 0 bridgehead atoms. The van der Waals surface area contributed by atoms with E-state index in [1.165, 1.54) is 19.3 Å². The van der Waals surface area contributed by atoms with Crippen molar-refractivity contribution in [2.24, 2.45) is 0 Å². The van der Waals surface area contributed by atoms with Crippen LogP contribution >= 0.6 is 0 Å². The van der Waals surface area contributed by atoms with Crippen molar-refractivity contribution in [1.29, 1.82) is 0 Å². The maximum Gasteiger partial charge on any atom is 0.193 e. The van der Waals surface area contributed by atoms with Crippen molar-refractivity contribution in [1.82, 2.24) is 0 Å². The molecule has 1 rings (SSSR count). The minimum absolute atomic E-state index is 0.0254. The molecule has 4 heteroatoms. The maximum absolute atomic E-state index is 12.1. The van der Waals surface area contributed by atoms with E-state index >= 15 is 0 Å². The maximum atomic E-state index is 12.1. The first-order valence-corrected chi connectivity index (χ1v) is 7.14. The molecule has 120 valence electrons. The Morgan fingerprint density at radius 2 is 1.73 bits per heavy atom. The molecule has 0 aliphatic carbocycles. The fourth-order valence-corrected chi connectivity index (χ4v) is 1.69. The monoisotopic (exact) mass is 304 g/mol. The summed E-state index contributed by atoms with van der Waals surface area (Å²) >= 11 is 0. The van der Waals surface area contributed by atoms with Gasteiger partial charge in [0.1, 0.15) is 22.8 Å². The molecule has 0 spiro atoms. The molecule has 1 aromatic rings. The molecule has 1 aromatic carbocycles. The fourth-order valence-electron chi connectivity index (χ4n) is 1.69. The van der Waals surface area contributed by atoms with Crippen LogP contribution in [0.15, 0.2) is 48.1 Å². The topological polar surface area (TPSA) is 66.8 Å². The summed E-state index contributed by atoms with van der Waals surface area (Å²) < 4.78 is 5.01. The molecule has 0 aliphatic heterocycles. The lowest BCUT2D eigenvalue weighted by Gasteiger charge is -2.08. The summed E-state index contributed by atoms with van der Waals surface area (Å²) in [5.74, 6) is -0.749. The second-order valence-corrected chi connectivity index (χ2v) is 4.03. The van der Waals surface area contributed by atoms with Gasteiger partial charge >= 0.3 is 0 Å². The molecule has 4 nitrogen and oxygen atoms in total. The summed E-state index contributed by atoms with van der Waals surface area (Å²) in [6.07, 6.45) is 8.58. The first-order chi connectivity index (χ1) is 10.5. The Bertz CT molecular complexity index is 581. The molecule has 0 radical (unpaired) electrons. The SMILES string of the molecule is CC.C\C=C/C(/C=C/C(=O)c1c(O)cc(O)cc1OC)=C\C. The first-order valence-electron chi connectivity index (χ1n) is 7.14. The summed E-state index contributed by atoms with van der Waals surface area (Å²) in [6, 6.07) is 2.38. The van der Waals surface area contributed by atoms with Gasteiger partial charge in [0, 0.05) is 12.1 Å². The van der Waals surface area contributed by atoms with Gasteiger partial charge in [-0.1, -0.05) is 38.2 Å². The number of aromatic hydroxyl groups is 2. The van der Waals surface area contributed by atoms with Crippen LogP contribution in [-0.2, 0) is 0 Å². The number of phenols is 2. The molecule has 2 N–H and O–H groups in total. The molecular weight excluding hydrogens is 280 g/mol. The average Bonchev–Trinajstić information content (AvgIpc) is 2.52. The van der Waals surface area contributed by atoms with Gasteiger partial charge in [-0.3, -0.25) is 4.79 Å². The van der Waals surface area contributed by atoms with E-state index in [-0.39, 0.29) is 22.8 Å². The number of hydrogen-bond donors (Lipinski definition) is 2. The summed E-state index contributed by atoms with van der Waals surface area (Å²) in [5, 5.41) is 19.1. The number of rotatable bonds is 5. The summed E-state index contributed by atoms with van der Waals surface area (Å²) in [7, 11) is 1.37. The lowest BCUT2D eigenvalue weighted by molar-refractivity contribution is 0.104. The van der Waals surface area contributed by atoms with Crippen molar-refractivity contribution in [3.05, 3.63) is 53.6 Å². The van der Waals surface area contributed by atoms with E-state index in [0.717, 1.165) is 11.6 Å². The average molecular weight is 304 g/mol. The Hall–Kier alpha value is -2.49. The molecule has 0 saturated carbocycles. The van der Waals surface area contributed by atoms with Crippen LogP contribution in [0.3, 0.4) is 0 Å². The number of methoxy groups -OCH3 is 1. The number of carbonyl (C=O) groups is 1. The van der Waals surface area contributed by atoms with E-state index < -0.39 is 5.78 Å². The molecule has 0 unspecified atom stereocenters. The van der Waals surface area contributed by atoms with Gasteiger partial charge in [0.2, 0.25) is 0 Å². The normalized spacial score (nSPS) is 11.4. The molecule has 22 heavy (non-hydrogen) atoms. The van der Waals surface area contributed by atoms with Gasteiger partial charge in [-0.2, -0.15) is 0 Å². The van der Waals surface area contributed by atoms with E-state index in [1.807, 2.05) is 45.9 Å². The molecule has 0 saturated heterocycles. The smallest absolute Gasteiger partial charge is 0.193 e. The van der Waals surface area contributed by atoms with Gasteiger partial charge < -0.3 is 14.9 Å². The van der Waals surface area contributed by atoms with Crippen molar-refractivity contribution in [3.8, 4) is 17.2 Å². The van der Waals surface area contributed by atoms with E-state index in [1.54, 1.807) is 6.08 Å². The van der Waals surface area contributed by atoms with Crippen LogP contribution in [0.5, 0.6) is 17.2 Å². The van der Waals surface area contributed by atoms with Crippen molar-refractivity contribution >= 4 is 5.78 Å². The third-order valence-corrected chi connectivity index (χ3v) is 2.65. The summed E-state index contributed by atoms with van der Waals surface area (Å²) in [4.78, 5) is 12.1. The van der Waals surface area contributed by atoms with Crippen LogP contribution in [0.25, 0.3) is 0 Å². The minimum Gasteiger partial charge on any atom is -0.508 e. The molecular formula is C18H24O4. The van der Waals surface area contributed by atoms with Crippen molar-refractivity contribution in [2.75, 3.05) is 7.11 Å². The quantitative estimate of drug-likeness (QED) is 0.481. The highest BCUT2D eigenvalue weighted by Gasteiger charge is 2.16. The van der Waals surface area contributed by atoms with Crippen LogP contribution in [0.2, 0.25) is 0 Å². The first kappa shape index (κ1) is 19.5.